The molecule has 0 radical (unpaired) electrons. The fraction of sp³-hybridized carbons (Fsp3) is 0. The molecule has 0 aliphatic carbocycles. The lowest BCUT2D eigenvalue weighted by molar-refractivity contribution is 0.0702. The Kier molecular flexibility index (Phi) is 2.34. The molecule has 0 aromatic heterocycles. The van der Waals surface area contributed by atoms with Crippen LogP contribution in [0.15, 0.2) is 12.1 Å². The number of hydroxylamine groups is 1. The van der Waals surface area contributed by atoms with E-state index < -0.39 is 11.7 Å². The van der Waals surface area contributed by atoms with Gasteiger partial charge in [-0.25, -0.2) is 9.87 Å². The zero-order chi connectivity index (χ0) is 10.0. The van der Waals surface area contributed by atoms with Crippen molar-refractivity contribution in [3.8, 4) is 0 Å². The average molecular weight is 185 g/mol. The smallest absolute Gasteiger partial charge is 0.277 e. The number of nitrogens with one attached hydrogen (secondary N) is 1. The molecule has 0 heterocycles. The molecule has 13 heavy (non-hydrogen) atoms. The van der Waals surface area contributed by atoms with Gasteiger partial charge in [0.15, 0.2) is 0 Å². The third-order valence-electron chi connectivity index (χ3n) is 1.52. The Morgan fingerprint density at radius 3 is 2.46 bits per heavy atom. The summed E-state index contributed by atoms with van der Waals surface area (Å²) in [5.74, 6) is -1.80. The molecule has 5 nitrogen and oxygen atoms in total. The summed E-state index contributed by atoms with van der Waals surface area (Å²) in [7, 11) is 0. The van der Waals surface area contributed by atoms with Crippen molar-refractivity contribution in [2.24, 2.45) is 0 Å². The number of amides is 1. The lowest BCUT2D eigenvalue weighted by Crippen LogP contribution is -2.20. The van der Waals surface area contributed by atoms with E-state index in [1.165, 1.54) is 5.48 Å². The molecule has 1 amide bonds. The largest absolute Gasteiger partial charge is 0.397 e. The minimum Gasteiger partial charge on any atom is -0.397 e. The molecular formula is C7H8FN3O2. The van der Waals surface area contributed by atoms with Crippen molar-refractivity contribution >= 4 is 17.3 Å². The zero-order valence-corrected chi connectivity index (χ0v) is 6.54. The Morgan fingerprint density at radius 2 is 1.92 bits per heavy atom. The number of benzene rings is 1. The Bertz CT molecular complexity index is 354. The van der Waals surface area contributed by atoms with Crippen LogP contribution in [0.1, 0.15) is 10.4 Å². The highest BCUT2D eigenvalue weighted by Gasteiger charge is 2.12. The van der Waals surface area contributed by atoms with Crippen molar-refractivity contribution in [3.05, 3.63) is 23.5 Å². The number of nitrogen functional groups attached to an aromatic ring is 2. The van der Waals surface area contributed by atoms with Crippen molar-refractivity contribution < 1.29 is 14.4 Å². The minimum absolute atomic E-state index is 0.0481. The Balaban J connectivity index is 3.23. The van der Waals surface area contributed by atoms with Crippen LogP contribution < -0.4 is 16.9 Å². The quantitative estimate of drug-likeness (QED) is 0.283. The number of anilines is 2. The summed E-state index contributed by atoms with van der Waals surface area (Å²) in [6, 6.07) is 1.97. The van der Waals surface area contributed by atoms with Crippen LogP contribution in [0.2, 0.25) is 0 Å². The van der Waals surface area contributed by atoms with E-state index in [0.717, 1.165) is 12.1 Å². The van der Waals surface area contributed by atoms with Crippen molar-refractivity contribution in [3.63, 3.8) is 0 Å². The standard InChI is InChI=1S/C7H8FN3O2/c8-4-2-6(10)5(9)1-3(4)7(12)11-13/h1-2,13H,9-10H2,(H,11,12). The van der Waals surface area contributed by atoms with E-state index in [-0.39, 0.29) is 16.9 Å². The summed E-state index contributed by atoms with van der Waals surface area (Å²) in [6.45, 7) is 0. The monoisotopic (exact) mass is 185 g/mol. The van der Waals surface area contributed by atoms with Gasteiger partial charge in [-0.05, 0) is 12.1 Å². The molecule has 0 spiro atoms. The van der Waals surface area contributed by atoms with Crippen LogP contribution in [0.25, 0.3) is 0 Å². The van der Waals surface area contributed by atoms with E-state index in [0.29, 0.717) is 0 Å². The minimum atomic E-state index is -0.968. The van der Waals surface area contributed by atoms with Gasteiger partial charge in [-0.2, -0.15) is 0 Å². The van der Waals surface area contributed by atoms with Crippen molar-refractivity contribution in [1.29, 1.82) is 0 Å². The zero-order valence-electron chi connectivity index (χ0n) is 6.54. The Morgan fingerprint density at radius 1 is 1.38 bits per heavy atom. The van der Waals surface area contributed by atoms with Crippen molar-refractivity contribution in [1.82, 2.24) is 5.48 Å². The third kappa shape index (κ3) is 1.67. The maximum absolute atomic E-state index is 13.0. The second-order valence-electron chi connectivity index (χ2n) is 2.40. The Hall–Kier alpha value is -1.82. The number of hydrogen-bond donors (Lipinski definition) is 4. The number of halogens is 1. The molecule has 0 bridgehead atoms. The lowest BCUT2D eigenvalue weighted by atomic mass is 10.1. The van der Waals surface area contributed by atoms with E-state index in [4.69, 9.17) is 16.7 Å². The predicted octanol–water partition coefficient (Wildman–Crippen LogP) is 0.109. The summed E-state index contributed by atoms with van der Waals surface area (Å²) in [4.78, 5) is 10.8. The number of nitrogens with two attached hydrogens (primary N) is 2. The second-order valence-corrected chi connectivity index (χ2v) is 2.40. The number of carbonyl (C=O) groups excluding carboxylic acids is 1. The van der Waals surface area contributed by atoms with Crippen LogP contribution >= 0.6 is 0 Å². The molecule has 1 aromatic rings. The first kappa shape index (κ1) is 9.27. The first-order valence-corrected chi connectivity index (χ1v) is 3.35. The third-order valence-corrected chi connectivity index (χ3v) is 1.52. The highest BCUT2D eigenvalue weighted by Crippen LogP contribution is 2.19. The molecule has 0 unspecified atom stereocenters. The van der Waals surface area contributed by atoms with Gasteiger partial charge in [-0.15, -0.1) is 0 Å². The summed E-state index contributed by atoms with van der Waals surface area (Å²) in [5.41, 5.74) is 11.7. The summed E-state index contributed by atoms with van der Waals surface area (Å²) >= 11 is 0. The summed E-state index contributed by atoms with van der Waals surface area (Å²) in [5, 5.41) is 8.23. The molecular weight excluding hydrogens is 177 g/mol. The number of rotatable bonds is 1. The first-order valence-electron chi connectivity index (χ1n) is 3.35. The first-order chi connectivity index (χ1) is 6.06. The molecule has 0 fully saturated rings. The van der Waals surface area contributed by atoms with Gasteiger partial charge in [-0.3, -0.25) is 10.0 Å². The van der Waals surface area contributed by atoms with Crippen LogP contribution in [-0.2, 0) is 0 Å². The summed E-state index contributed by atoms with van der Waals surface area (Å²) in [6.07, 6.45) is 0. The molecule has 0 aliphatic heterocycles. The van der Waals surface area contributed by atoms with Gasteiger partial charge in [0.05, 0.1) is 16.9 Å². The maximum Gasteiger partial charge on any atom is 0.277 e. The van der Waals surface area contributed by atoms with Crippen LogP contribution in [0, 0.1) is 5.82 Å². The van der Waals surface area contributed by atoms with Crippen LogP contribution in [-0.4, -0.2) is 11.1 Å². The van der Waals surface area contributed by atoms with Crippen molar-refractivity contribution in [2.45, 2.75) is 0 Å². The molecule has 0 aliphatic rings. The molecule has 1 aromatic carbocycles. The average Bonchev–Trinajstić information content (AvgIpc) is 2.10. The molecule has 1 rings (SSSR count). The van der Waals surface area contributed by atoms with Gasteiger partial charge >= 0.3 is 0 Å². The molecule has 6 N–H and O–H groups in total. The molecule has 0 saturated carbocycles. The van der Waals surface area contributed by atoms with E-state index in [1.54, 1.807) is 0 Å². The van der Waals surface area contributed by atoms with Gasteiger partial charge < -0.3 is 11.5 Å². The predicted molar refractivity (Wildman–Crippen MR) is 44.5 cm³/mol. The normalized spacial score (nSPS) is 9.69. The Labute approximate surface area is 73.1 Å². The SMILES string of the molecule is Nc1cc(F)c(C(=O)NO)cc1N. The number of carbonyl (C=O) groups is 1. The molecule has 0 saturated heterocycles. The fourth-order valence-corrected chi connectivity index (χ4v) is 0.840. The van der Waals surface area contributed by atoms with Crippen LogP contribution in [0.4, 0.5) is 15.8 Å². The second kappa shape index (κ2) is 3.28. The van der Waals surface area contributed by atoms with E-state index in [2.05, 4.69) is 0 Å². The topological polar surface area (TPSA) is 101 Å². The van der Waals surface area contributed by atoms with Gasteiger partial charge in [-0.1, -0.05) is 0 Å². The van der Waals surface area contributed by atoms with Gasteiger partial charge in [0.2, 0.25) is 0 Å². The summed E-state index contributed by atoms with van der Waals surface area (Å²) < 4.78 is 13.0. The highest BCUT2D eigenvalue weighted by molar-refractivity contribution is 5.95. The van der Waals surface area contributed by atoms with E-state index in [9.17, 15) is 9.18 Å². The highest BCUT2D eigenvalue weighted by atomic mass is 19.1. The number of hydrogen-bond acceptors (Lipinski definition) is 4. The molecule has 0 atom stereocenters. The van der Waals surface area contributed by atoms with Crippen LogP contribution in [0.3, 0.4) is 0 Å². The lowest BCUT2D eigenvalue weighted by Gasteiger charge is -2.04. The van der Waals surface area contributed by atoms with E-state index in [1.807, 2.05) is 0 Å². The van der Waals surface area contributed by atoms with Gasteiger partial charge in [0, 0.05) is 0 Å². The molecule has 70 valence electrons. The van der Waals surface area contributed by atoms with Gasteiger partial charge in [0.1, 0.15) is 5.82 Å². The van der Waals surface area contributed by atoms with Crippen molar-refractivity contribution in [2.75, 3.05) is 11.5 Å². The fourth-order valence-electron chi connectivity index (χ4n) is 0.840. The maximum atomic E-state index is 13.0. The van der Waals surface area contributed by atoms with Crippen LogP contribution in [0.5, 0.6) is 0 Å². The van der Waals surface area contributed by atoms with Gasteiger partial charge in [0.25, 0.3) is 5.91 Å². The van der Waals surface area contributed by atoms with E-state index >= 15 is 0 Å². The molecule has 6 heteroatoms.